The number of anilines is 1. The lowest BCUT2D eigenvalue weighted by atomic mass is 9.81. The average molecular weight is 559 g/mol. The molecule has 1 saturated heterocycles. The van der Waals surface area contributed by atoms with Crippen molar-refractivity contribution in [3.63, 3.8) is 0 Å². The van der Waals surface area contributed by atoms with Crippen molar-refractivity contribution in [2.24, 2.45) is 23.7 Å². The van der Waals surface area contributed by atoms with E-state index in [0.29, 0.717) is 45.2 Å². The molecule has 0 N–H and O–H groups in total. The van der Waals surface area contributed by atoms with E-state index in [1.165, 1.54) is 4.90 Å². The first-order valence-electron chi connectivity index (χ1n) is 14.5. The Morgan fingerprint density at radius 3 is 2.33 bits per heavy atom. The van der Waals surface area contributed by atoms with Gasteiger partial charge in [-0.15, -0.1) is 0 Å². The van der Waals surface area contributed by atoms with Gasteiger partial charge in [-0.2, -0.15) is 0 Å². The molecule has 4 atom stereocenters. The van der Waals surface area contributed by atoms with Gasteiger partial charge in [0.15, 0.2) is 12.4 Å². The van der Waals surface area contributed by atoms with Crippen molar-refractivity contribution in [3.8, 4) is 11.3 Å². The van der Waals surface area contributed by atoms with E-state index < -0.39 is 5.97 Å². The summed E-state index contributed by atoms with van der Waals surface area (Å²) in [7, 11) is 0. The minimum atomic E-state index is -0.628. The molecule has 1 aliphatic heterocycles. The van der Waals surface area contributed by atoms with E-state index in [9.17, 15) is 19.2 Å². The monoisotopic (exact) mass is 558 g/mol. The number of carbonyl (C=O) groups excluding carboxylic acids is 4. The van der Waals surface area contributed by atoms with E-state index >= 15 is 0 Å². The number of nitrogens with zero attached hydrogens (tertiary/aromatic N) is 2. The number of ketones is 1. The largest absolute Gasteiger partial charge is 0.454 e. The Hall–Kier alpha value is -4.65. The molecular formula is C35H30N2O5. The fraction of sp³-hybridized carbons (Fsp3) is 0.286. The predicted octanol–water partition coefficient (Wildman–Crippen LogP) is 6.09. The number of ether oxygens (including phenoxy) is 1. The summed E-state index contributed by atoms with van der Waals surface area (Å²) < 4.78 is 5.50. The summed E-state index contributed by atoms with van der Waals surface area (Å²) in [5, 5.41) is 0.606. The molecule has 2 aliphatic carbocycles. The molecule has 2 heterocycles. The van der Waals surface area contributed by atoms with Crippen LogP contribution in [-0.2, 0) is 14.3 Å². The lowest BCUT2D eigenvalue weighted by molar-refractivity contribution is -0.123. The third-order valence-electron chi connectivity index (χ3n) is 9.43. The summed E-state index contributed by atoms with van der Waals surface area (Å²) in [6.45, 7) is 3.52. The van der Waals surface area contributed by atoms with Crippen LogP contribution in [-0.4, -0.2) is 35.2 Å². The second kappa shape index (κ2) is 10.0. The number of pyridine rings is 1. The molecule has 2 amide bonds. The van der Waals surface area contributed by atoms with Crippen LogP contribution in [0.25, 0.3) is 22.2 Å². The molecule has 3 aliphatic rings. The SMILES string of the molecule is Cc1ccc(C(=O)COC(=O)c2cc(-c3cccc(N4C(=O)[C@@H]5[C@H]6CC[C@@H](C6)[C@@H]5C4=O)c3)nc3ccccc23)cc1C. The van der Waals surface area contributed by atoms with Crippen LogP contribution in [0.3, 0.4) is 0 Å². The summed E-state index contributed by atoms with van der Waals surface area (Å²) in [6.07, 6.45) is 3.03. The fourth-order valence-electron chi connectivity index (χ4n) is 7.17. The normalized spacial score (nSPS) is 22.6. The van der Waals surface area contributed by atoms with Crippen molar-refractivity contribution < 1.29 is 23.9 Å². The molecule has 7 rings (SSSR count). The highest BCUT2D eigenvalue weighted by atomic mass is 16.5. The number of amides is 2. The number of aryl methyl sites for hydroxylation is 2. The number of carbonyl (C=O) groups is 4. The number of esters is 1. The Bertz CT molecular complexity index is 1780. The van der Waals surface area contributed by atoms with Gasteiger partial charge in [0.25, 0.3) is 0 Å². The number of Topliss-reactive ketones (excluding diaryl/α,β-unsaturated/α-hetero) is 1. The second-order valence-corrected chi connectivity index (χ2v) is 11.8. The highest BCUT2D eigenvalue weighted by Gasteiger charge is 2.61. The van der Waals surface area contributed by atoms with Crippen LogP contribution >= 0.6 is 0 Å². The maximum Gasteiger partial charge on any atom is 0.339 e. The van der Waals surface area contributed by atoms with Gasteiger partial charge in [0.2, 0.25) is 11.8 Å². The number of aromatic nitrogens is 1. The Kier molecular flexibility index (Phi) is 6.26. The molecule has 3 aromatic carbocycles. The number of para-hydroxylation sites is 1. The van der Waals surface area contributed by atoms with Crippen LogP contribution < -0.4 is 4.90 Å². The minimum absolute atomic E-state index is 0.0986. The zero-order chi connectivity index (χ0) is 29.1. The van der Waals surface area contributed by atoms with E-state index in [4.69, 9.17) is 9.72 Å². The number of benzene rings is 3. The van der Waals surface area contributed by atoms with E-state index in [1.54, 1.807) is 42.5 Å². The van der Waals surface area contributed by atoms with Crippen molar-refractivity contribution in [1.82, 2.24) is 4.98 Å². The number of hydrogen-bond acceptors (Lipinski definition) is 6. The molecule has 42 heavy (non-hydrogen) atoms. The molecule has 0 radical (unpaired) electrons. The number of rotatable bonds is 6. The molecule has 2 saturated carbocycles. The summed E-state index contributed by atoms with van der Waals surface area (Å²) in [4.78, 5) is 59.1. The molecule has 7 nitrogen and oxygen atoms in total. The Labute approximate surface area is 243 Å². The summed E-state index contributed by atoms with van der Waals surface area (Å²) in [5.41, 5.74) is 5.13. The molecule has 0 unspecified atom stereocenters. The maximum absolute atomic E-state index is 13.4. The van der Waals surface area contributed by atoms with Gasteiger partial charge >= 0.3 is 5.97 Å². The maximum atomic E-state index is 13.4. The lowest BCUT2D eigenvalue weighted by Gasteiger charge is -2.19. The number of imide groups is 1. The Morgan fingerprint density at radius 2 is 1.60 bits per heavy atom. The van der Waals surface area contributed by atoms with Gasteiger partial charge in [-0.05, 0) is 86.4 Å². The third-order valence-corrected chi connectivity index (χ3v) is 9.43. The van der Waals surface area contributed by atoms with E-state index in [0.717, 1.165) is 30.4 Å². The van der Waals surface area contributed by atoms with Gasteiger partial charge < -0.3 is 4.74 Å². The van der Waals surface area contributed by atoms with Crippen LogP contribution in [0.2, 0.25) is 0 Å². The molecular weight excluding hydrogens is 528 g/mol. The van der Waals surface area contributed by atoms with Crippen molar-refractivity contribution in [2.45, 2.75) is 33.1 Å². The van der Waals surface area contributed by atoms with Crippen molar-refractivity contribution in [1.29, 1.82) is 0 Å². The third kappa shape index (κ3) is 4.23. The summed E-state index contributed by atoms with van der Waals surface area (Å²) in [6, 6.07) is 21.5. The highest BCUT2D eigenvalue weighted by Crippen LogP contribution is 2.56. The highest BCUT2D eigenvalue weighted by molar-refractivity contribution is 6.22. The van der Waals surface area contributed by atoms with Crippen molar-refractivity contribution >= 4 is 40.2 Å². The van der Waals surface area contributed by atoms with Gasteiger partial charge in [-0.25, -0.2) is 9.78 Å². The molecule has 7 heteroatoms. The first kappa shape index (κ1) is 26.3. The van der Waals surface area contributed by atoms with E-state index in [1.807, 2.05) is 44.2 Å². The Balaban J connectivity index is 1.18. The van der Waals surface area contributed by atoms with Gasteiger partial charge in [-0.3, -0.25) is 19.3 Å². The molecule has 0 spiro atoms. The molecule has 3 fully saturated rings. The van der Waals surface area contributed by atoms with Gasteiger partial charge in [0, 0.05) is 16.5 Å². The van der Waals surface area contributed by atoms with Crippen LogP contribution in [0.5, 0.6) is 0 Å². The van der Waals surface area contributed by atoms with Crippen molar-refractivity contribution in [2.75, 3.05) is 11.5 Å². The molecule has 1 aromatic heterocycles. The average Bonchev–Trinajstić information content (AvgIpc) is 3.70. The first-order chi connectivity index (χ1) is 20.3. The van der Waals surface area contributed by atoms with Crippen LogP contribution in [0.15, 0.2) is 72.8 Å². The predicted molar refractivity (Wildman–Crippen MR) is 158 cm³/mol. The number of hydrogen-bond donors (Lipinski definition) is 0. The van der Waals surface area contributed by atoms with Crippen LogP contribution in [0.4, 0.5) is 5.69 Å². The van der Waals surface area contributed by atoms with Gasteiger partial charge in [-0.1, -0.05) is 42.5 Å². The Morgan fingerprint density at radius 1 is 0.857 bits per heavy atom. The topological polar surface area (TPSA) is 93.6 Å². The van der Waals surface area contributed by atoms with Gasteiger partial charge in [0.1, 0.15) is 0 Å². The summed E-state index contributed by atoms with van der Waals surface area (Å²) >= 11 is 0. The standard InChI is InChI=1S/C35H30N2O5/c1-19-10-11-22(14-20(19)2)30(38)18-42-35(41)27-17-29(36-28-9-4-3-8-26(27)28)21-6-5-7-25(16-21)37-33(39)31-23-12-13-24(15-23)32(31)34(37)40/h3-11,14,16-17,23-24,31-32H,12-13,15,18H2,1-2H3/t23-,24-,31-,32+/m0/s1. The quantitative estimate of drug-likeness (QED) is 0.161. The second-order valence-electron chi connectivity index (χ2n) is 11.8. The molecule has 210 valence electrons. The van der Waals surface area contributed by atoms with E-state index in [-0.39, 0.29) is 41.6 Å². The van der Waals surface area contributed by atoms with Crippen LogP contribution in [0.1, 0.15) is 51.1 Å². The first-order valence-corrected chi connectivity index (χ1v) is 14.5. The van der Waals surface area contributed by atoms with Crippen molar-refractivity contribution in [3.05, 3.63) is 95.1 Å². The zero-order valence-electron chi connectivity index (χ0n) is 23.5. The van der Waals surface area contributed by atoms with Gasteiger partial charge in [0.05, 0.1) is 34.3 Å². The van der Waals surface area contributed by atoms with E-state index in [2.05, 4.69) is 0 Å². The van der Waals surface area contributed by atoms with Crippen LogP contribution in [0, 0.1) is 37.5 Å². The fourth-order valence-corrected chi connectivity index (χ4v) is 7.17. The molecule has 4 aromatic rings. The lowest BCUT2D eigenvalue weighted by Crippen LogP contribution is -2.32. The number of fused-ring (bicyclic) bond motifs is 6. The minimum Gasteiger partial charge on any atom is -0.454 e. The zero-order valence-corrected chi connectivity index (χ0v) is 23.5. The smallest absolute Gasteiger partial charge is 0.339 e. The molecule has 2 bridgehead atoms. The summed E-state index contributed by atoms with van der Waals surface area (Å²) in [5.74, 6) is -0.896.